The van der Waals surface area contributed by atoms with Crippen LogP contribution in [0.2, 0.25) is 10.0 Å². The number of ether oxygens (including phenoxy) is 1. The molecule has 0 spiro atoms. The van der Waals surface area contributed by atoms with E-state index in [4.69, 9.17) is 27.9 Å². The lowest BCUT2D eigenvalue weighted by atomic mass is 9.77. The largest absolute Gasteiger partial charge is 0.477 e. The lowest BCUT2D eigenvalue weighted by Gasteiger charge is -2.34. The second-order valence-corrected chi connectivity index (χ2v) is 11.0. The van der Waals surface area contributed by atoms with Crippen molar-refractivity contribution in [2.24, 2.45) is 11.3 Å². The number of carbonyl (C=O) groups is 1. The highest BCUT2D eigenvalue weighted by atomic mass is 35.5. The van der Waals surface area contributed by atoms with Crippen molar-refractivity contribution < 1.29 is 13.9 Å². The summed E-state index contributed by atoms with van der Waals surface area (Å²) in [6, 6.07) is 14.5. The number of halogens is 3. The first-order chi connectivity index (χ1) is 17.8. The molecular weight excluding hydrogens is 514 g/mol. The Bertz CT molecular complexity index is 1220. The number of amides is 1. The van der Waals surface area contributed by atoms with Crippen LogP contribution in [-0.2, 0) is 4.79 Å². The maximum atomic E-state index is 13.7. The number of anilines is 1. The Kier molecular flexibility index (Phi) is 7.54. The predicted octanol–water partition coefficient (Wildman–Crippen LogP) is 5.85. The highest BCUT2D eigenvalue weighted by molar-refractivity contribution is 6.30. The molecule has 2 fully saturated rings. The number of nitrogens with zero attached hydrogens (tertiary/aromatic N) is 4. The van der Waals surface area contributed by atoms with E-state index in [1.165, 1.54) is 12.3 Å². The zero-order chi connectivity index (χ0) is 26.0. The summed E-state index contributed by atoms with van der Waals surface area (Å²) in [7, 11) is 0. The molecule has 2 aliphatic heterocycles. The Labute approximate surface area is 226 Å². The number of rotatable bonds is 6. The van der Waals surface area contributed by atoms with E-state index >= 15 is 0 Å². The van der Waals surface area contributed by atoms with Gasteiger partial charge in [0, 0.05) is 60.7 Å². The minimum absolute atomic E-state index is 0.0521. The number of benzene rings is 1. The maximum absolute atomic E-state index is 13.7. The second kappa shape index (κ2) is 10.8. The molecule has 37 heavy (non-hydrogen) atoms. The zero-order valence-corrected chi connectivity index (χ0v) is 22.1. The van der Waals surface area contributed by atoms with Crippen LogP contribution in [0.15, 0.2) is 60.9 Å². The Balaban J connectivity index is 1.28. The number of likely N-dealkylation sites (tertiary alicyclic amines) is 1. The van der Waals surface area contributed by atoms with E-state index in [2.05, 4.69) is 21.8 Å². The molecule has 6 nitrogen and oxygen atoms in total. The quantitative estimate of drug-likeness (QED) is 0.391. The molecule has 2 atom stereocenters. The van der Waals surface area contributed by atoms with E-state index in [0.717, 1.165) is 24.2 Å². The Morgan fingerprint density at radius 3 is 2.41 bits per heavy atom. The third kappa shape index (κ3) is 5.83. The number of hydrogen-bond donors (Lipinski definition) is 0. The molecule has 5 rings (SSSR count). The van der Waals surface area contributed by atoms with Crippen LogP contribution in [0, 0.1) is 17.2 Å². The van der Waals surface area contributed by atoms with Gasteiger partial charge in [-0.2, -0.15) is 0 Å². The summed E-state index contributed by atoms with van der Waals surface area (Å²) in [6.07, 6.45) is 4.27. The summed E-state index contributed by atoms with van der Waals surface area (Å²) in [5.74, 6) is 1.12. The van der Waals surface area contributed by atoms with Gasteiger partial charge >= 0.3 is 0 Å². The lowest BCUT2D eigenvalue weighted by molar-refractivity contribution is -0.135. The number of hydrogen-bond acceptors (Lipinski definition) is 5. The number of pyridine rings is 2. The first-order valence-electron chi connectivity index (χ1n) is 12.5. The molecule has 1 amide bonds. The van der Waals surface area contributed by atoms with Gasteiger partial charge in [-0.25, -0.2) is 14.4 Å². The van der Waals surface area contributed by atoms with Gasteiger partial charge in [0.15, 0.2) is 0 Å². The average molecular weight is 543 g/mol. The van der Waals surface area contributed by atoms with Gasteiger partial charge in [-0.3, -0.25) is 4.79 Å². The minimum Gasteiger partial charge on any atom is -0.477 e. The van der Waals surface area contributed by atoms with Crippen LogP contribution in [0.1, 0.15) is 31.2 Å². The molecule has 1 aromatic carbocycles. The Morgan fingerprint density at radius 1 is 1.03 bits per heavy atom. The zero-order valence-electron chi connectivity index (χ0n) is 20.6. The number of aromatic nitrogens is 2. The van der Waals surface area contributed by atoms with E-state index in [9.17, 15) is 9.18 Å². The smallest absolute Gasteiger partial charge is 0.225 e. The molecule has 4 heterocycles. The Morgan fingerprint density at radius 2 is 1.76 bits per heavy atom. The summed E-state index contributed by atoms with van der Waals surface area (Å²) >= 11 is 12.1. The van der Waals surface area contributed by atoms with Crippen LogP contribution in [0.3, 0.4) is 0 Å². The van der Waals surface area contributed by atoms with Crippen molar-refractivity contribution in [1.29, 1.82) is 0 Å². The summed E-state index contributed by atoms with van der Waals surface area (Å²) < 4.78 is 19.3. The predicted molar refractivity (Wildman–Crippen MR) is 143 cm³/mol. The van der Waals surface area contributed by atoms with E-state index < -0.39 is 0 Å². The van der Waals surface area contributed by atoms with Gasteiger partial charge in [0.2, 0.25) is 11.8 Å². The van der Waals surface area contributed by atoms with Crippen molar-refractivity contribution in [2.75, 3.05) is 37.7 Å². The number of carbonyl (C=O) groups excluding carboxylic acids is 1. The SMILES string of the molecule is CC1(COc2ccc(Cl)cn2)CN(C(=O)C2CCN(c3ccc(F)cn3)CC2)C[C@@H]1c1ccc(Cl)cc1. The van der Waals surface area contributed by atoms with Gasteiger partial charge in [0.1, 0.15) is 11.6 Å². The van der Waals surface area contributed by atoms with Crippen molar-refractivity contribution in [1.82, 2.24) is 14.9 Å². The van der Waals surface area contributed by atoms with E-state index in [-0.39, 0.29) is 29.0 Å². The van der Waals surface area contributed by atoms with E-state index in [0.29, 0.717) is 48.7 Å². The third-order valence-electron chi connectivity index (χ3n) is 7.51. The molecule has 0 saturated carbocycles. The maximum Gasteiger partial charge on any atom is 0.225 e. The minimum atomic E-state index is -0.350. The average Bonchev–Trinajstić information content (AvgIpc) is 3.26. The van der Waals surface area contributed by atoms with Gasteiger partial charge in [-0.15, -0.1) is 0 Å². The van der Waals surface area contributed by atoms with Crippen molar-refractivity contribution in [2.45, 2.75) is 25.7 Å². The molecular formula is C28H29Cl2FN4O2. The first kappa shape index (κ1) is 25.7. The van der Waals surface area contributed by atoms with Gasteiger partial charge < -0.3 is 14.5 Å². The molecule has 2 aromatic heterocycles. The normalized spacial score (nSPS) is 22.3. The lowest BCUT2D eigenvalue weighted by Crippen LogP contribution is -2.43. The van der Waals surface area contributed by atoms with Gasteiger partial charge in [-0.05, 0) is 48.7 Å². The third-order valence-corrected chi connectivity index (χ3v) is 7.99. The molecule has 9 heteroatoms. The van der Waals surface area contributed by atoms with Crippen molar-refractivity contribution in [3.05, 3.63) is 82.4 Å². The van der Waals surface area contributed by atoms with Crippen LogP contribution in [0.5, 0.6) is 5.88 Å². The van der Waals surface area contributed by atoms with Gasteiger partial charge in [-0.1, -0.05) is 42.3 Å². The van der Waals surface area contributed by atoms with Gasteiger partial charge in [0.25, 0.3) is 0 Å². The van der Waals surface area contributed by atoms with Crippen LogP contribution in [-0.4, -0.2) is 53.6 Å². The molecule has 0 radical (unpaired) electrons. The molecule has 0 N–H and O–H groups in total. The molecule has 0 bridgehead atoms. The molecule has 1 unspecified atom stereocenters. The summed E-state index contributed by atoms with van der Waals surface area (Å²) in [5.41, 5.74) is 0.816. The second-order valence-electron chi connectivity index (χ2n) is 10.2. The fourth-order valence-electron chi connectivity index (χ4n) is 5.42. The summed E-state index contributed by atoms with van der Waals surface area (Å²) in [4.78, 5) is 26.2. The topological polar surface area (TPSA) is 58.6 Å². The van der Waals surface area contributed by atoms with E-state index in [1.807, 2.05) is 29.2 Å². The van der Waals surface area contributed by atoms with Crippen molar-refractivity contribution in [3.63, 3.8) is 0 Å². The molecule has 194 valence electrons. The van der Waals surface area contributed by atoms with Crippen LogP contribution >= 0.6 is 23.2 Å². The summed E-state index contributed by atoms with van der Waals surface area (Å²) in [5, 5.41) is 1.23. The van der Waals surface area contributed by atoms with Crippen LogP contribution < -0.4 is 9.64 Å². The van der Waals surface area contributed by atoms with Crippen molar-refractivity contribution >= 4 is 34.9 Å². The molecule has 0 aliphatic carbocycles. The number of piperidine rings is 1. The standard InChI is InChI=1S/C28H29Cl2FN4O2/c1-28(18-37-26-9-6-22(30)14-33-26)17-35(16-24(28)19-2-4-21(29)5-3-19)27(36)20-10-12-34(13-11-20)25-8-7-23(31)15-32-25/h2-9,14-15,20,24H,10-13,16-18H2,1H3/t24-,28?/m1/s1. The molecule has 2 aliphatic rings. The van der Waals surface area contributed by atoms with Gasteiger partial charge in [0.05, 0.1) is 17.8 Å². The Hall–Kier alpha value is -2.90. The molecule has 2 saturated heterocycles. The first-order valence-corrected chi connectivity index (χ1v) is 13.2. The van der Waals surface area contributed by atoms with E-state index in [1.54, 1.807) is 24.4 Å². The fraction of sp³-hybridized carbons (Fsp3) is 0.393. The van der Waals surface area contributed by atoms with Crippen LogP contribution in [0.4, 0.5) is 10.2 Å². The van der Waals surface area contributed by atoms with Crippen molar-refractivity contribution in [3.8, 4) is 5.88 Å². The van der Waals surface area contributed by atoms with Crippen LogP contribution in [0.25, 0.3) is 0 Å². The molecule has 3 aromatic rings. The highest BCUT2D eigenvalue weighted by Gasteiger charge is 2.47. The fourth-order valence-corrected chi connectivity index (χ4v) is 5.66. The highest BCUT2D eigenvalue weighted by Crippen LogP contribution is 2.44. The summed E-state index contributed by atoms with van der Waals surface area (Å²) in [6.45, 7) is 5.21. The monoisotopic (exact) mass is 542 g/mol.